The van der Waals surface area contributed by atoms with Gasteiger partial charge in [-0.2, -0.15) is 11.3 Å². The van der Waals surface area contributed by atoms with Crippen LogP contribution >= 0.6 is 11.3 Å². The average Bonchev–Trinajstić information content (AvgIpc) is 2.92. The van der Waals surface area contributed by atoms with Crippen molar-refractivity contribution in [1.82, 2.24) is 9.62 Å². The highest BCUT2D eigenvalue weighted by molar-refractivity contribution is 7.89. The van der Waals surface area contributed by atoms with E-state index in [0.29, 0.717) is 11.4 Å². The monoisotopic (exact) mass is 310 g/mol. The van der Waals surface area contributed by atoms with Gasteiger partial charge in [-0.3, -0.25) is 0 Å². The molecule has 0 saturated carbocycles. The van der Waals surface area contributed by atoms with Gasteiger partial charge in [0, 0.05) is 27.2 Å². The number of rotatable bonds is 6. The minimum absolute atomic E-state index is 0.364. The molecule has 0 aliphatic rings. The molecule has 0 unspecified atom stereocenters. The Morgan fingerprint density at radius 2 is 1.90 bits per heavy atom. The molecule has 0 atom stereocenters. The fraction of sp³-hybridized carbons (Fsp3) is 0.286. The molecule has 20 heavy (non-hydrogen) atoms. The molecular formula is C14H18N2O2S2. The Morgan fingerprint density at radius 1 is 1.15 bits per heavy atom. The maximum absolute atomic E-state index is 12.2. The predicted octanol–water partition coefficient (Wildman–Crippen LogP) is 2.29. The topological polar surface area (TPSA) is 49.4 Å². The Hall–Kier alpha value is -1.21. The van der Waals surface area contributed by atoms with Crippen LogP contribution in [0.15, 0.2) is 46.0 Å². The number of sulfonamides is 1. The zero-order chi connectivity index (χ0) is 14.6. The molecular weight excluding hydrogens is 292 g/mol. The van der Waals surface area contributed by atoms with Crippen LogP contribution in [0.25, 0.3) is 0 Å². The minimum atomic E-state index is -3.40. The fourth-order valence-corrected chi connectivity index (χ4v) is 3.62. The van der Waals surface area contributed by atoms with Crippen molar-refractivity contribution in [2.45, 2.75) is 18.0 Å². The summed E-state index contributed by atoms with van der Waals surface area (Å²) in [6.45, 7) is 1.26. The van der Waals surface area contributed by atoms with E-state index < -0.39 is 10.0 Å². The zero-order valence-corrected chi connectivity index (χ0v) is 13.2. The molecule has 2 rings (SSSR count). The number of nitrogens with one attached hydrogen (secondary N) is 1. The summed E-state index contributed by atoms with van der Waals surface area (Å²) in [4.78, 5) is 0.364. The van der Waals surface area contributed by atoms with E-state index in [1.54, 1.807) is 37.6 Å². The van der Waals surface area contributed by atoms with Crippen molar-refractivity contribution in [3.8, 4) is 0 Å². The van der Waals surface area contributed by atoms with Crippen molar-refractivity contribution < 1.29 is 8.42 Å². The highest BCUT2D eigenvalue weighted by atomic mass is 32.2. The second kappa shape index (κ2) is 6.49. The van der Waals surface area contributed by atoms with Crippen LogP contribution in [-0.4, -0.2) is 26.8 Å². The van der Waals surface area contributed by atoms with Crippen molar-refractivity contribution in [1.29, 1.82) is 0 Å². The van der Waals surface area contributed by atoms with E-state index in [4.69, 9.17) is 0 Å². The molecule has 1 aromatic carbocycles. The molecule has 0 saturated heterocycles. The van der Waals surface area contributed by atoms with Gasteiger partial charge in [0.05, 0.1) is 4.90 Å². The lowest BCUT2D eigenvalue weighted by atomic mass is 10.2. The third-order valence-electron chi connectivity index (χ3n) is 2.96. The minimum Gasteiger partial charge on any atom is -0.309 e. The van der Waals surface area contributed by atoms with Crippen LogP contribution < -0.4 is 5.32 Å². The van der Waals surface area contributed by atoms with Crippen molar-refractivity contribution in [3.63, 3.8) is 0 Å². The van der Waals surface area contributed by atoms with Gasteiger partial charge in [0.1, 0.15) is 0 Å². The maximum atomic E-state index is 12.2. The largest absolute Gasteiger partial charge is 0.309 e. The lowest BCUT2D eigenvalue weighted by Crippen LogP contribution is -2.24. The highest BCUT2D eigenvalue weighted by Gasteiger charge is 2.20. The van der Waals surface area contributed by atoms with E-state index in [0.717, 1.165) is 12.1 Å². The first kappa shape index (κ1) is 15.2. The van der Waals surface area contributed by atoms with E-state index in [1.807, 2.05) is 17.5 Å². The number of benzene rings is 1. The number of thiophene rings is 1. The van der Waals surface area contributed by atoms with Gasteiger partial charge in [-0.15, -0.1) is 0 Å². The van der Waals surface area contributed by atoms with E-state index in [-0.39, 0.29) is 0 Å². The van der Waals surface area contributed by atoms with Gasteiger partial charge in [0.25, 0.3) is 0 Å². The summed E-state index contributed by atoms with van der Waals surface area (Å²) in [6.07, 6.45) is 0. The molecule has 6 heteroatoms. The molecule has 0 aliphatic heterocycles. The van der Waals surface area contributed by atoms with Crippen LogP contribution in [0.4, 0.5) is 0 Å². The zero-order valence-electron chi connectivity index (χ0n) is 11.5. The Kier molecular flexibility index (Phi) is 4.93. The van der Waals surface area contributed by atoms with Crippen molar-refractivity contribution in [2.24, 2.45) is 0 Å². The second-order valence-electron chi connectivity index (χ2n) is 4.63. The molecule has 0 radical (unpaired) electrons. The molecule has 0 bridgehead atoms. The van der Waals surface area contributed by atoms with E-state index in [9.17, 15) is 8.42 Å². The SMILES string of the molecule is CN(C)S(=O)(=O)c1ccccc1CNCc1ccsc1. The Morgan fingerprint density at radius 3 is 2.55 bits per heavy atom. The van der Waals surface area contributed by atoms with E-state index in [2.05, 4.69) is 16.8 Å². The molecule has 1 aromatic heterocycles. The van der Waals surface area contributed by atoms with Gasteiger partial charge >= 0.3 is 0 Å². The lowest BCUT2D eigenvalue weighted by Gasteiger charge is -2.15. The fourth-order valence-electron chi connectivity index (χ4n) is 1.83. The molecule has 1 N–H and O–H groups in total. The molecule has 0 spiro atoms. The molecule has 0 amide bonds. The van der Waals surface area contributed by atoms with Crippen LogP contribution in [0, 0.1) is 0 Å². The first-order chi connectivity index (χ1) is 9.51. The van der Waals surface area contributed by atoms with Gasteiger partial charge < -0.3 is 5.32 Å². The van der Waals surface area contributed by atoms with Crippen LogP contribution in [0.5, 0.6) is 0 Å². The molecule has 0 fully saturated rings. The number of hydrogen-bond donors (Lipinski definition) is 1. The summed E-state index contributed by atoms with van der Waals surface area (Å²) in [5.41, 5.74) is 2.00. The summed E-state index contributed by atoms with van der Waals surface area (Å²) in [5, 5.41) is 7.39. The van der Waals surface area contributed by atoms with Crippen LogP contribution in [0.2, 0.25) is 0 Å². The summed E-state index contributed by atoms with van der Waals surface area (Å²) < 4.78 is 25.7. The summed E-state index contributed by atoms with van der Waals surface area (Å²) in [6, 6.07) is 9.16. The molecule has 1 heterocycles. The molecule has 0 aliphatic carbocycles. The van der Waals surface area contributed by atoms with E-state index in [1.165, 1.54) is 9.87 Å². The first-order valence-electron chi connectivity index (χ1n) is 6.24. The third kappa shape index (κ3) is 3.46. The normalized spacial score (nSPS) is 11.9. The Labute approximate surface area is 124 Å². The van der Waals surface area contributed by atoms with Crippen molar-refractivity contribution >= 4 is 21.4 Å². The lowest BCUT2D eigenvalue weighted by molar-refractivity contribution is 0.518. The summed E-state index contributed by atoms with van der Waals surface area (Å²) >= 11 is 1.65. The molecule has 2 aromatic rings. The summed E-state index contributed by atoms with van der Waals surface area (Å²) in [7, 11) is -0.303. The van der Waals surface area contributed by atoms with E-state index >= 15 is 0 Å². The Bertz CT molecular complexity index is 650. The first-order valence-corrected chi connectivity index (χ1v) is 8.62. The van der Waals surface area contributed by atoms with Gasteiger partial charge in [0.2, 0.25) is 10.0 Å². The second-order valence-corrected chi connectivity index (χ2v) is 7.53. The average molecular weight is 310 g/mol. The van der Waals surface area contributed by atoms with Gasteiger partial charge in [0.15, 0.2) is 0 Å². The van der Waals surface area contributed by atoms with Crippen LogP contribution in [-0.2, 0) is 23.1 Å². The smallest absolute Gasteiger partial charge is 0.242 e. The quantitative estimate of drug-likeness (QED) is 0.890. The van der Waals surface area contributed by atoms with Gasteiger partial charge in [-0.1, -0.05) is 18.2 Å². The third-order valence-corrected chi connectivity index (χ3v) is 5.60. The Balaban J connectivity index is 2.12. The predicted molar refractivity (Wildman–Crippen MR) is 82.2 cm³/mol. The van der Waals surface area contributed by atoms with Crippen LogP contribution in [0.3, 0.4) is 0 Å². The van der Waals surface area contributed by atoms with Gasteiger partial charge in [-0.25, -0.2) is 12.7 Å². The van der Waals surface area contributed by atoms with Crippen molar-refractivity contribution in [3.05, 3.63) is 52.2 Å². The number of hydrogen-bond acceptors (Lipinski definition) is 4. The maximum Gasteiger partial charge on any atom is 0.242 e. The highest BCUT2D eigenvalue weighted by Crippen LogP contribution is 2.18. The summed E-state index contributed by atoms with van der Waals surface area (Å²) in [5.74, 6) is 0. The van der Waals surface area contributed by atoms with Crippen LogP contribution in [0.1, 0.15) is 11.1 Å². The van der Waals surface area contributed by atoms with Gasteiger partial charge in [-0.05, 0) is 34.0 Å². The molecule has 4 nitrogen and oxygen atoms in total. The van der Waals surface area contributed by atoms with Crippen molar-refractivity contribution in [2.75, 3.05) is 14.1 Å². The number of nitrogens with zero attached hydrogens (tertiary/aromatic N) is 1. The molecule has 108 valence electrons. The standard InChI is InChI=1S/C14H18N2O2S2/c1-16(2)20(17,18)14-6-4-3-5-13(14)10-15-9-12-7-8-19-11-12/h3-8,11,15H,9-10H2,1-2H3.